The number of nitrogens with zero attached hydrogens (tertiary/aromatic N) is 1. The molecule has 0 bridgehead atoms. The van der Waals surface area contributed by atoms with Gasteiger partial charge in [0, 0.05) is 21.9 Å². The van der Waals surface area contributed by atoms with E-state index < -0.39 is 0 Å². The number of likely N-dealkylation sites (N-methyl/N-ethyl adjacent to an activating group) is 1. The van der Waals surface area contributed by atoms with Gasteiger partial charge in [-0.1, -0.05) is 12.8 Å². The molecular weight excluding hydrogens is 242 g/mol. The molecule has 0 aliphatic heterocycles. The summed E-state index contributed by atoms with van der Waals surface area (Å²) in [5.41, 5.74) is 0.927. The second kappa shape index (κ2) is 5.98. The molecule has 1 fully saturated rings. The lowest BCUT2D eigenvalue weighted by Crippen LogP contribution is -2.30. The minimum absolute atomic E-state index is 0.275. The molecule has 1 aliphatic carbocycles. The third kappa shape index (κ3) is 3.42. The van der Waals surface area contributed by atoms with Gasteiger partial charge in [0.1, 0.15) is 0 Å². The fraction of sp³-hybridized carbons (Fsp3) is 0.667. The maximum Gasteiger partial charge on any atom is 0.177 e. The van der Waals surface area contributed by atoms with E-state index in [9.17, 15) is 4.79 Å². The number of hydrogen-bond donors (Lipinski definition) is 0. The third-order valence-electron chi connectivity index (χ3n) is 3.80. The average Bonchev–Trinajstić information content (AvgIpc) is 2.88. The van der Waals surface area contributed by atoms with Gasteiger partial charge < -0.3 is 0 Å². The molecule has 2 rings (SSSR count). The van der Waals surface area contributed by atoms with Crippen LogP contribution >= 0.6 is 11.3 Å². The quantitative estimate of drug-likeness (QED) is 0.757. The summed E-state index contributed by atoms with van der Waals surface area (Å²) in [6.07, 6.45) is 5.43. The van der Waals surface area contributed by atoms with E-state index in [0.717, 1.165) is 22.9 Å². The Labute approximate surface area is 114 Å². The molecule has 3 heteroatoms. The molecule has 100 valence electrons. The molecule has 0 unspecified atom stereocenters. The summed E-state index contributed by atoms with van der Waals surface area (Å²) < 4.78 is 0. The lowest BCUT2D eigenvalue weighted by Gasteiger charge is -2.19. The highest BCUT2D eigenvalue weighted by molar-refractivity contribution is 7.12. The van der Waals surface area contributed by atoms with Crippen LogP contribution in [0.4, 0.5) is 0 Å². The van der Waals surface area contributed by atoms with Gasteiger partial charge in [-0.25, -0.2) is 0 Å². The van der Waals surface area contributed by atoms with E-state index in [1.807, 2.05) is 13.0 Å². The van der Waals surface area contributed by atoms with Gasteiger partial charge >= 0.3 is 0 Å². The number of rotatable bonds is 5. The van der Waals surface area contributed by atoms with Gasteiger partial charge in [0.05, 0.1) is 6.54 Å². The Hall–Kier alpha value is -0.670. The van der Waals surface area contributed by atoms with Gasteiger partial charge in [-0.05, 0) is 45.7 Å². The molecule has 2 nitrogen and oxygen atoms in total. The van der Waals surface area contributed by atoms with E-state index in [-0.39, 0.29) is 5.78 Å². The largest absolute Gasteiger partial charge is 0.299 e. The van der Waals surface area contributed by atoms with Crippen LogP contribution in [-0.2, 0) is 0 Å². The van der Waals surface area contributed by atoms with Crippen LogP contribution in [0.15, 0.2) is 6.07 Å². The number of aryl methyl sites for hydroxylation is 2. The van der Waals surface area contributed by atoms with Crippen LogP contribution in [0.3, 0.4) is 0 Å². The number of ketones is 1. The molecule has 1 heterocycles. The van der Waals surface area contributed by atoms with Crippen molar-refractivity contribution in [3.8, 4) is 0 Å². The van der Waals surface area contributed by atoms with Crippen molar-refractivity contribution in [2.45, 2.75) is 39.5 Å². The summed E-state index contributed by atoms with van der Waals surface area (Å²) in [5, 5.41) is 0. The number of carbonyl (C=O) groups excluding carboxylic acids is 1. The molecule has 0 aromatic carbocycles. The highest BCUT2D eigenvalue weighted by Crippen LogP contribution is 2.25. The van der Waals surface area contributed by atoms with Crippen molar-refractivity contribution < 1.29 is 4.79 Å². The number of carbonyl (C=O) groups is 1. The van der Waals surface area contributed by atoms with Crippen LogP contribution in [-0.4, -0.2) is 30.8 Å². The Morgan fingerprint density at radius 2 is 2.06 bits per heavy atom. The lowest BCUT2D eigenvalue weighted by molar-refractivity contribution is 0.0938. The molecule has 1 aromatic rings. The first-order valence-corrected chi connectivity index (χ1v) is 7.66. The SMILES string of the molecule is Cc1cc(C(=O)CN(C)CC2CCCC2)c(C)s1. The predicted octanol–water partition coefficient (Wildman–Crippen LogP) is 3.67. The second-order valence-corrected chi connectivity index (χ2v) is 7.06. The smallest absolute Gasteiger partial charge is 0.177 e. The summed E-state index contributed by atoms with van der Waals surface area (Å²) in [6, 6.07) is 2.03. The normalized spacial score (nSPS) is 16.7. The number of hydrogen-bond acceptors (Lipinski definition) is 3. The van der Waals surface area contributed by atoms with Crippen LogP contribution in [0.1, 0.15) is 45.8 Å². The van der Waals surface area contributed by atoms with Crippen molar-refractivity contribution in [2.24, 2.45) is 5.92 Å². The van der Waals surface area contributed by atoms with E-state index in [0.29, 0.717) is 6.54 Å². The Balaban J connectivity index is 1.88. The van der Waals surface area contributed by atoms with Crippen LogP contribution < -0.4 is 0 Å². The molecule has 0 N–H and O–H groups in total. The molecule has 0 saturated heterocycles. The van der Waals surface area contributed by atoms with Gasteiger partial charge in [0.15, 0.2) is 5.78 Å². The first-order chi connectivity index (χ1) is 8.56. The zero-order valence-corrected chi connectivity index (χ0v) is 12.5. The molecular formula is C15H23NOS. The molecule has 0 amide bonds. The fourth-order valence-electron chi connectivity index (χ4n) is 2.94. The molecule has 18 heavy (non-hydrogen) atoms. The second-order valence-electron chi connectivity index (χ2n) is 5.60. The summed E-state index contributed by atoms with van der Waals surface area (Å²) in [6.45, 7) is 5.75. The minimum atomic E-state index is 0.275. The highest BCUT2D eigenvalue weighted by atomic mass is 32.1. The lowest BCUT2D eigenvalue weighted by atomic mass is 10.1. The molecule has 1 aromatic heterocycles. The van der Waals surface area contributed by atoms with Crippen LogP contribution in [0.25, 0.3) is 0 Å². The Bertz CT molecular complexity index is 418. The summed E-state index contributed by atoms with van der Waals surface area (Å²) in [7, 11) is 2.07. The van der Waals surface area contributed by atoms with Crippen molar-refractivity contribution in [1.29, 1.82) is 0 Å². The minimum Gasteiger partial charge on any atom is -0.299 e. The van der Waals surface area contributed by atoms with Crippen LogP contribution in [0.5, 0.6) is 0 Å². The Kier molecular flexibility index (Phi) is 4.57. The topological polar surface area (TPSA) is 20.3 Å². The van der Waals surface area contributed by atoms with E-state index in [4.69, 9.17) is 0 Å². The standard InChI is InChI=1S/C15H23NOS/c1-11-8-14(12(2)18-11)15(17)10-16(3)9-13-6-4-5-7-13/h8,13H,4-7,9-10H2,1-3H3. The highest BCUT2D eigenvalue weighted by Gasteiger charge is 2.19. The van der Waals surface area contributed by atoms with E-state index in [2.05, 4.69) is 18.9 Å². The molecule has 0 atom stereocenters. The molecule has 1 aliphatic rings. The maximum absolute atomic E-state index is 12.2. The van der Waals surface area contributed by atoms with Crippen molar-refractivity contribution in [2.75, 3.05) is 20.1 Å². The monoisotopic (exact) mass is 265 g/mol. The van der Waals surface area contributed by atoms with Crippen molar-refractivity contribution >= 4 is 17.1 Å². The number of thiophene rings is 1. The first-order valence-electron chi connectivity index (χ1n) is 6.85. The van der Waals surface area contributed by atoms with Crippen molar-refractivity contribution in [3.05, 3.63) is 21.4 Å². The van der Waals surface area contributed by atoms with Gasteiger partial charge in [-0.15, -0.1) is 11.3 Å². The summed E-state index contributed by atoms with van der Waals surface area (Å²) >= 11 is 1.72. The van der Waals surface area contributed by atoms with Gasteiger partial charge in [0.2, 0.25) is 0 Å². The van der Waals surface area contributed by atoms with Gasteiger partial charge in [-0.2, -0.15) is 0 Å². The zero-order chi connectivity index (χ0) is 13.1. The maximum atomic E-state index is 12.2. The molecule has 0 spiro atoms. The van der Waals surface area contributed by atoms with Crippen LogP contribution in [0.2, 0.25) is 0 Å². The Morgan fingerprint density at radius 1 is 1.39 bits per heavy atom. The predicted molar refractivity (Wildman–Crippen MR) is 77.6 cm³/mol. The van der Waals surface area contributed by atoms with E-state index in [1.165, 1.54) is 30.6 Å². The number of Topliss-reactive ketones (excluding diaryl/α,β-unsaturated/α-hetero) is 1. The molecule has 0 radical (unpaired) electrons. The Morgan fingerprint density at radius 3 is 2.61 bits per heavy atom. The van der Waals surface area contributed by atoms with E-state index >= 15 is 0 Å². The molecule has 1 saturated carbocycles. The van der Waals surface area contributed by atoms with Gasteiger partial charge in [-0.3, -0.25) is 9.69 Å². The van der Waals surface area contributed by atoms with Crippen LogP contribution in [0, 0.1) is 19.8 Å². The van der Waals surface area contributed by atoms with Gasteiger partial charge in [0.25, 0.3) is 0 Å². The summed E-state index contributed by atoms with van der Waals surface area (Å²) in [5.74, 6) is 1.09. The fourth-order valence-corrected chi connectivity index (χ4v) is 3.88. The van der Waals surface area contributed by atoms with Crippen molar-refractivity contribution in [3.63, 3.8) is 0 Å². The summed E-state index contributed by atoms with van der Waals surface area (Å²) in [4.78, 5) is 16.8. The van der Waals surface area contributed by atoms with Crippen molar-refractivity contribution in [1.82, 2.24) is 4.90 Å². The zero-order valence-electron chi connectivity index (χ0n) is 11.7. The van der Waals surface area contributed by atoms with E-state index in [1.54, 1.807) is 11.3 Å². The third-order valence-corrected chi connectivity index (χ3v) is 4.77. The average molecular weight is 265 g/mol. The first kappa shape index (κ1) is 13.8.